The summed E-state index contributed by atoms with van der Waals surface area (Å²) in [6.07, 6.45) is -0.498. The largest absolute Gasteiger partial charge is 0.206 e. The molecule has 1 unspecified atom stereocenters. The Morgan fingerprint density at radius 2 is 1.08 bits per heavy atom. The fraction of sp³-hybridized carbons (Fsp3) is 0.0526. The van der Waals surface area contributed by atoms with Crippen molar-refractivity contribution >= 4 is 23.0 Å². The van der Waals surface area contributed by atoms with Crippen LogP contribution in [0, 0.1) is 0 Å². The van der Waals surface area contributed by atoms with Crippen LogP contribution in [0.1, 0.15) is 11.7 Å². The van der Waals surface area contributed by atoms with E-state index >= 15 is 0 Å². The molecule has 0 amide bonds. The van der Waals surface area contributed by atoms with Crippen LogP contribution in [0.3, 0.4) is 0 Å². The first-order valence-electron chi connectivity index (χ1n) is 7.48. The third kappa shape index (κ3) is 4.57. The monoisotopic (exact) mass is 334 g/mol. The van der Waals surface area contributed by atoms with Gasteiger partial charge in [-0.2, -0.15) is 20.5 Å². The van der Waals surface area contributed by atoms with Gasteiger partial charge in [0, 0.05) is 10.6 Å². The predicted octanol–water partition coefficient (Wildman–Crippen LogP) is 6.91. The Balaban J connectivity index is 1.85. The minimum absolute atomic E-state index is 0.498. The lowest BCUT2D eigenvalue weighted by Crippen LogP contribution is -1.89. The summed E-state index contributed by atoms with van der Waals surface area (Å²) in [6.45, 7) is 0. The number of azo groups is 2. The summed E-state index contributed by atoms with van der Waals surface area (Å²) in [5, 5.41) is 17.8. The van der Waals surface area contributed by atoms with Crippen LogP contribution in [-0.2, 0) is 0 Å². The van der Waals surface area contributed by atoms with Crippen LogP contribution in [0.2, 0.25) is 5.02 Å². The molecule has 4 nitrogen and oxygen atoms in total. The van der Waals surface area contributed by atoms with E-state index in [0.717, 1.165) is 16.9 Å². The molecule has 0 heterocycles. The molecule has 0 bridgehead atoms. The van der Waals surface area contributed by atoms with E-state index in [0.29, 0.717) is 5.02 Å². The van der Waals surface area contributed by atoms with E-state index in [9.17, 15) is 0 Å². The van der Waals surface area contributed by atoms with Crippen LogP contribution in [0.5, 0.6) is 0 Å². The van der Waals surface area contributed by atoms with Gasteiger partial charge in [-0.1, -0.05) is 60.1 Å². The molecule has 3 aromatic carbocycles. The van der Waals surface area contributed by atoms with Gasteiger partial charge >= 0.3 is 0 Å². The zero-order valence-electron chi connectivity index (χ0n) is 12.8. The Labute approximate surface area is 145 Å². The molecule has 24 heavy (non-hydrogen) atoms. The maximum absolute atomic E-state index is 5.88. The molecule has 0 aliphatic carbocycles. The zero-order valence-corrected chi connectivity index (χ0v) is 13.6. The molecular formula is C19H15ClN4. The van der Waals surface area contributed by atoms with Crippen LogP contribution in [-0.4, -0.2) is 0 Å². The molecule has 0 saturated heterocycles. The highest BCUT2D eigenvalue weighted by Crippen LogP contribution is 2.25. The lowest BCUT2D eigenvalue weighted by atomic mass is 10.2. The van der Waals surface area contributed by atoms with Gasteiger partial charge in [-0.25, -0.2) is 0 Å². The van der Waals surface area contributed by atoms with Gasteiger partial charge in [0.1, 0.15) is 0 Å². The zero-order chi connectivity index (χ0) is 16.6. The summed E-state index contributed by atoms with van der Waals surface area (Å²) in [5.74, 6) is 0. The van der Waals surface area contributed by atoms with E-state index in [-0.39, 0.29) is 0 Å². The molecule has 0 spiro atoms. The van der Waals surface area contributed by atoms with Crippen LogP contribution >= 0.6 is 11.6 Å². The van der Waals surface area contributed by atoms with E-state index in [1.807, 2.05) is 72.8 Å². The summed E-state index contributed by atoms with van der Waals surface area (Å²) < 4.78 is 0. The molecule has 0 aromatic heterocycles. The number of rotatable bonds is 5. The molecule has 0 saturated carbocycles. The van der Waals surface area contributed by atoms with Crippen LogP contribution in [0.25, 0.3) is 0 Å². The van der Waals surface area contributed by atoms with Crippen LogP contribution in [0.4, 0.5) is 11.4 Å². The molecule has 1 atom stereocenters. The second-order valence-electron chi connectivity index (χ2n) is 5.03. The fourth-order valence-corrected chi connectivity index (χ4v) is 2.15. The fourth-order valence-electron chi connectivity index (χ4n) is 2.03. The van der Waals surface area contributed by atoms with Crippen LogP contribution in [0.15, 0.2) is 105 Å². The molecule has 0 aliphatic heterocycles. The van der Waals surface area contributed by atoms with Crippen LogP contribution < -0.4 is 0 Å². The standard InChI is InChI=1S/C19H15ClN4/c20-16-11-13-18(14-12-16)22-24-19(15-7-3-1-4-8-15)23-21-17-9-5-2-6-10-17/h1-14,19H. The van der Waals surface area contributed by atoms with Gasteiger partial charge in [0.05, 0.1) is 11.4 Å². The number of hydrogen-bond acceptors (Lipinski definition) is 4. The number of nitrogens with zero attached hydrogens (tertiary/aromatic N) is 4. The summed E-state index contributed by atoms with van der Waals surface area (Å²) in [7, 11) is 0. The highest BCUT2D eigenvalue weighted by molar-refractivity contribution is 6.30. The minimum Gasteiger partial charge on any atom is -0.154 e. The van der Waals surface area contributed by atoms with Crippen molar-refractivity contribution in [3.8, 4) is 0 Å². The normalized spacial score (nSPS) is 12.7. The van der Waals surface area contributed by atoms with Crippen molar-refractivity contribution in [3.05, 3.63) is 95.5 Å². The smallest absolute Gasteiger partial charge is 0.154 e. The van der Waals surface area contributed by atoms with Gasteiger partial charge in [-0.15, -0.1) is 0 Å². The van der Waals surface area contributed by atoms with Crippen molar-refractivity contribution in [1.29, 1.82) is 0 Å². The highest BCUT2D eigenvalue weighted by Gasteiger charge is 2.08. The maximum atomic E-state index is 5.88. The summed E-state index contributed by atoms with van der Waals surface area (Å²) in [6, 6.07) is 26.5. The van der Waals surface area contributed by atoms with Crippen molar-refractivity contribution in [2.24, 2.45) is 20.5 Å². The van der Waals surface area contributed by atoms with Gasteiger partial charge in [0.15, 0.2) is 0 Å². The first kappa shape index (κ1) is 16.0. The molecule has 0 radical (unpaired) electrons. The average molecular weight is 335 g/mol. The first-order valence-corrected chi connectivity index (χ1v) is 7.86. The second-order valence-corrected chi connectivity index (χ2v) is 5.46. The molecule has 5 heteroatoms. The minimum atomic E-state index is -0.498. The first-order chi connectivity index (χ1) is 11.8. The van der Waals surface area contributed by atoms with E-state index in [1.165, 1.54) is 0 Å². The van der Waals surface area contributed by atoms with Crippen molar-refractivity contribution in [1.82, 2.24) is 0 Å². The summed E-state index contributed by atoms with van der Waals surface area (Å²) >= 11 is 5.88. The third-order valence-electron chi connectivity index (χ3n) is 3.25. The molecule has 3 aromatic rings. The predicted molar refractivity (Wildman–Crippen MR) is 96.1 cm³/mol. The molecule has 0 N–H and O–H groups in total. The Bertz CT molecular complexity index is 815. The SMILES string of the molecule is Clc1ccc(N=NC(N=Nc2ccccc2)c2ccccc2)cc1. The summed E-state index contributed by atoms with van der Waals surface area (Å²) in [5.41, 5.74) is 2.42. The molecule has 3 rings (SSSR count). The number of benzene rings is 3. The van der Waals surface area contributed by atoms with Crippen molar-refractivity contribution in [2.45, 2.75) is 6.17 Å². The lowest BCUT2D eigenvalue weighted by molar-refractivity contribution is 0.689. The Morgan fingerprint density at radius 3 is 1.67 bits per heavy atom. The van der Waals surface area contributed by atoms with Gasteiger partial charge in [-0.05, 0) is 36.4 Å². The van der Waals surface area contributed by atoms with Crippen molar-refractivity contribution in [3.63, 3.8) is 0 Å². The van der Waals surface area contributed by atoms with Gasteiger partial charge < -0.3 is 0 Å². The maximum Gasteiger partial charge on any atom is 0.206 e. The third-order valence-corrected chi connectivity index (χ3v) is 3.50. The molecule has 0 fully saturated rings. The molecule has 0 aliphatic rings. The second kappa shape index (κ2) is 8.13. The lowest BCUT2D eigenvalue weighted by Gasteiger charge is -2.05. The Hall–Kier alpha value is -2.85. The Morgan fingerprint density at radius 1 is 0.583 bits per heavy atom. The van der Waals surface area contributed by atoms with Gasteiger partial charge in [-0.3, -0.25) is 0 Å². The number of halogens is 1. The molecular weight excluding hydrogens is 320 g/mol. The van der Waals surface area contributed by atoms with E-state index in [1.54, 1.807) is 12.1 Å². The van der Waals surface area contributed by atoms with E-state index in [4.69, 9.17) is 11.6 Å². The topological polar surface area (TPSA) is 49.4 Å². The average Bonchev–Trinajstić information content (AvgIpc) is 2.65. The van der Waals surface area contributed by atoms with E-state index < -0.39 is 6.17 Å². The van der Waals surface area contributed by atoms with Gasteiger partial charge in [0.2, 0.25) is 6.17 Å². The quantitative estimate of drug-likeness (QED) is 0.455. The van der Waals surface area contributed by atoms with Crippen molar-refractivity contribution in [2.75, 3.05) is 0 Å². The van der Waals surface area contributed by atoms with E-state index in [2.05, 4.69) is 20.5 Å². The summed E-state index contributed by atoms with van der Waals surface area (Å²) in [4.78, 5) is 0. The van der Waals surface area contributed by atoms with Crippen molar-refractivity contribution < 1.29 is 0 Å². The number of hydrogen-bond donors (Lipinski definition) is 0. The molecule has 118 valence electrons. The Kier molecular flexibility index (Phi) is 5.43. The highest BCUT2D eigenvalue weighted by atomic mass is 35.5. The van der Waals surface area contributed by atoms with Gasteiger partial charge in [0.25, 0.3) is 0 Å².